The van der Waals surface area contributed by atoms with E-state index >= 15 is 0 Å². The normalized spacial score (nSPS) is 11.6. The Kier molecular flexibility index (Phi) is 7.02. The zero-order valence-corrected chi connectivity index (χ0v) is 18.2. The maximum Gasteiger partial charge on any atom is 0.416 e. The number of benzene rings is 2. The lowest BCUT2D eigenvalue weighted by Crippen LogP contribution is -2.27. The lowest BCUT2D eigenvalue weighted by molar-refractivity contribution is -0.137. The van der Waals surface area contributed by atoms with E-state index < -0.39 is 17.6 Å². The van der Waals surface area contributed by atoms with Gasteiger partial charge in [-0.3, -0.25) is 9.78 Å². The molecule has 0 unspecified atom stereocenters. The molecule has 0 aliphatic heterocycles. The first kappa shape index (κ1) is 23.2. The Morgan fingerprint density at radius 3 is 2.62 bits per heavy atom. The van der Waals surface area contributed by atoms with Crippen molar-refractivity contribution in [3.63, 3.8) is 0 Å². The number of aromatic nitrogens is 3. The average molecular weight is 483 g/mol. The minimum atomic E-state index is -4.56. The van der Waals surface area contributed by atoms with Gasteiger partial charge in [0.1, 0.15) is 0 Å². The molecule has 172 valence electrons. The maximum absolute atomic E-state index is 13.2. The summed E-state index contributed by atoms with van der Waals surface area (Å²) in [4.78, 5) is 17.0. The maximum atomic E-state index is 13.2. The first-order valence-corrected chi connectivity index (χ1v) is 10.8. The lowest BCUT2D eigenvalue weighted by atomic mass is 10.2. The van der Waals surface area contributed by atoms with Crippen molar-refractivity contribution in [2.24, 2.45) is 5.10 Å². The van der Waals surface area contributed by atoms with Crippen molar-refractivity contribution in [2.45, 2.75) is 11.4 Å². The van der Waals surface area contributed by atoms with Gasteiger partial charge in [0.05, 0.1) is 28.8 Å². The molecule has 7 nitrogen and oxygen atoms in total. The molecule has 1 amide bonds. The number of halogens is 3. The minimum Gasteiger partial charge on any atom is -0.411 e. The third kappa shape index (κ3) is 5.87. The minimum absolute atomic E-state index is 0.0193. The Balaban J connectivity index is 1.54. The zero-order chi connectivity index (χ0) is 24.0. The van der Waals surface area contributed by atoms with Crippen molar-refractivity contribution in [3.05, 3.63) is 90.3 Å². The summed E-state index contributed by atoms with van der Waals surface area (Å²) in [6.07, 6.45) is -0.00157. The molecule has 34 heavy (non-hydrogen) atoms. The van der Waals surface area contributed by atoms with Crippen molar-refractivity contribution in [2.75, 3.05) is 10.8 Å². The number of hydrogen-bond donors (Lipinski definition) is 0. The lowest BCUT2D eigenvalue weighted by Gasteiger charge is -2.18. The number of amides is 1. The van der Waals surface area contributed by atoms with E-state index in [1.165, 1.54) is 18.3 Å². The second-order valence-electron chi connectivity index (χ2n) is 6.81. The Labute approximate surface area is 196 Å². The SMILES string of the molecule is O=C(CSc1nnc(-c2cccnc2)o1)N(/N=C/c1ccccc1)c1cccc(C(F)(F)F)c1. The summed E-state index contributed by atoms with van der Waals surface area (Å²) < 4.78 is 45.2. The fourth-order valence-electron chi connectivity index (χ4n) is 2.81. The molecule has 0 aliphatic rings. The molecule has 0 aliphatic carbocycles. The van der Waals surface area contributed by atoms with Crippen molar-refractivity contribution in [3.8, 4) is 11.5 Å². The topological polar surface area (TPSA) is 84.5 Å². The van der Waals surface area contributed by atoms with Gasteiger partial charge in [-0.1, -0.05) is 48.2 Å². The number of thioether (sulfide) groups is 1. The van der Waals surface area contributed by atoms with Gasteiger partial charge in [0.15, 0.2) is 0 Å². The van der Waals surface area contributed by atoms with Gasteiger partial charge in [-0.15, -0.1) is 10.2 Å². The van der Waals surface area contributed by atoms with Crippen LogP contribution in [0.25, 0.3) is 11.5 Å². The quantitative estimate of drug-likeness (QED) is 0.201. The Morgan fingerprint density at radius 2 is 1.88 bits per heavy atom. The van der Waals surface area contributed by atoms with Crippen LogP contribution in [0, 0.1) is 0 Å². The first-order valence-electron chi connectivity index (χ1n) is 9.86. The number of alkyl halides is 3. The molecule has 0 bridgehead atoms. The predicted octanol–water partition coefficient (Wildman–Crippen LogP) is 5.31. The van der Waals surface area contributed by atoms with Crippen LogP contribution in [0.15, 0.2) is 93.9 Å². The molecule has 2 aromatic heterocycles. The Bertz CT molecular complexity index is 1280. The number of rotatable bonds is 7. The van der Waals surface area contributed by atoms with Crippen LogP contribution < -0.4 is 5.01 Å². The number of pyridine rings is 1. The zero-order valence-electron chi connectivity index (χ0n) is 17.4. The Hall–Kier alpha value is -3.99. The van der Waals surface area contributed by atoms with E-state index in [4.69, 9.17) is 4.42 Å². The third-order valence-electron chi connectivity index (χ3n) is 4.41. The largest absolute Gasteiger partial charge is 0.416 e. The summed E-state index contributed by atoms with van der Waals surface area (Å²) in [6, 6.07) is 16.8. The van der Waals surface area contributed by atoms with Gasteiger partial charge in [0, 0.05) is 12.4 Å². The number of carbonyl (C=O) groups is 1. The number of anilines is 1. The van der Waals surface area contributed by atoms with Gasteiger partial charge < -0.3 is 4.42 Å². The van der Waals surface area contributed by atoms with E-state index in [0.717, 1.165) is 28.9 Å². The number of hydrazone groups is 1. The summed E-state index contributed by atoms with van der Waals surface area (Å²) in [5.74, 6) is -0.533. The van der Waals surface area contributed by atoms with Crippen LogP contribution in [-0.4, -0.2) is 33.1 Å². The molecule has 0 radical (unpaired) electrons. The van der Waals surface area contributed by atoms with Crippen LogP contribution >= 0.6 is 11.8 Å². The van der Waals surface area contributed by atoms with E-state index in [0.29, 0.717) is 11.1 Å². The summed E-state index contributed by atoms with van der Waals surface area (Å²) >= 11 is 0.950. The van der Waals surface area contributed by atoms with E-state index in [1.54, 1.807) is 48.8 Å². The standard InChI is InChI=1S/C23H16F3N5O2S/c24-23(25,26)18-9-4-10-19(12-18)31(28-13-16-6-2-1-3-7-16)20(32)15-34-22-30-29-21(33-22)17-8-5-11-27-14-17/h1-14H,15H2/b28-13+. The second-order valence-corrected chi connectivity index (χ2v) is 7.74. The fraction of sp³-hybridized carbons (Fsp3) is 0.0870. The Morgan fingerprint density at radius 1 is 1.06 bits per heavy atom. The molecule has 11 heteroatoms. The van der Waals surface area contributed by atoms with Crippen molar-refractivity contribution < 1.29 is 22.4 Å². The highest BCUT2D eigenvalue weighted by atomic mass is 32.2. The molecule has 2 heterocycles. The molecule has 0 saturated heterocycles. The van der Waals surface area contributed by atoms with E-state index in [2.05, 4.69) is 20.3 Å². The summed E-state index contributed by atoms with van der Waals surface area (Å²) in [6.45, 7) is 0. The summed E-state index contributed by atoms with van der Waals surface area (Å²) in [7, 11) is 0. The van der Waals surface area contributed by atoms with Gasteiger partial charge in [0.2, 0.25) is 5.89 Å². The molecule has 2 aromatic carbocycles. The highest BCUT2D eigenvalue weighted by Crippen LogP contribution is 2.32. The van der Waals surface area contributed by atoms with Crippen LogP contribution in [0.4, 0.5) is 18.9 Å². The van der Waals surface area contributed by atoms with E-state index in [9.17, 15) is 18.0 Å². The van der Waals surface area contributed by atoms with Crippen LogP contribution in [0.5, 0.6) is 0 Å². The molecular weight excluding hydrogens is 467 g/mol. The number of carbonyl (C=O) groups excluding carboxylic acids is 1. The van der Waals surface area contributed by atoms with Crippen molar-refractivity contribution >= 4 is 29.6 Å². The van der Waals surface area contributed by atoms with Crippen LogP contribution in [0.2, 0.25) is 0 Å². The number of hydrogen-bond acceptors (Lipinski definition) is 7. The summed E-state index contributed by atoms with van der Waals surface area (Å²) in [5, 5.41) is 13.0. The molecule has 4 rings (SSSR count). The van der Waals surface area contributed by atoms with Gasteiger partial charge in [-0.2, -0.15) is 18.3 Å². The van der Waals surface area contributed by atoms with Crippen LogP contribution in [0.3, 0.4) is 0 Å². The van der Waals surface area contributed by atoms with Crippen LogP contribution in [-0.2, 0) is 11.0 Å². The molecule has 0 saturated carbocycles. The molecule has 0 fully saturated rings. The van der Waals surface area contributed by atoms with Crippen molar-refractivity contribution in [1.82, 2.24) is 15.2 Å². The van der Waals surface area contributed by atoms with Gasteiger partial charge >= 0.3 is 6.18 Å². The highest BCUT2D eigenvalue weighted by Gasteiger charge is 2.31. The molecule has 0 spiro atoms. The average Bonchev–Trinajstić information content (AvgIpc) is 3.33. The van der Waals surface area contributed by atoms with Gasteiger partial charge in [-0.05, 0) is 35.9 Å². The molecule has 0 atom stereocenters. The van der Waals surface area contributed by atoms with Gasteiger partial charge in [-0.25, -0.2) is 5.01 Å². The second kappa shape index (κ2) is 10.3. The number of nitrogens with zero attached hydrogens (tertiary/aromatic N) is 5. The predicted molar refractivity (Wildman–Crippen MR) is 121 cm³/mol. The van der Waals surface area contributed by atoms with Crippen molar-refractivity contribution in [1.29, 1.82) is 0 Å². The molecule has 0 N–H and O–H groups in total. The van der Waals surface area contributed by atoms with Gasteiger partial charge in [0.25, 0.3) is 11.1 Å². The molecule has 4 aromatic rings. The monoisotopic (exact) mass is 483 g/mol. The molecular formula is C23H16F3N5O2S. The first-order chi connectivity index (χ1) is 16.4. The van der Waals surface area contributed by atoms with E-state index in [1.807, 2.05) is 6.07 Å². The van der Waals surface area contributed by atoms with E-state index in [-0.39, 0.29) is 22.6 Å². The summed E-state index contributed by atoms with van der Waals surface area (Å²) in [5.41, 5.74) is 0.390. The highest BCUT2D eigenvalue weighted by molar-refractivity contribution is 7.99. The third-order valence-corrected chi connectivity index (χ3v) is 5.21. The smallest absolute Gasteiger partial charge is 0.411 e. The van der Waals surface area contributed by atoms with Crippen LogP contribution in [0.1, 0.15) is 11.1 Å². The fourth-order valence-corrected chi connectivity index (χ4v) is 3.42.